The highest BCUT2D eigenvalue weighted by Crippen LogP contribution is 2.43. The van der Waals surface area contributed by atoms with Gasteiger partial charge in [-0.2, -0.15) is 0 Å². The van der Waals surface area contributed by atoms with Gasteiger partial charge in [-0.3, -0.25) is 4.79 Å². The topological polar surface area (TPSA) is 83.6 Å². The molecule has 2 rings (SSSR count). The molecule has 20 heavy (non-hydrogen) atoms. The van der Waals surface area contributed by atoms with Crippen LogP contribution in [0.25, 0.3) is 0 Å². The van der Waals surface area contributed by atoms with Crippen molar-refractivity contribution in [2.45, 2.75) is 57.9 Å². The van der Waals surface area contributed by atoms with Gasteiger partial charge in [0.05, 0.1) is 0 Å². The molecule has 1 saturated heterocycles. The summed E-state index contributed by atoms with van der Waals surface area (Å²) in [6.45, 7) is 3.19. The van der Waals surface area contributed by atoms with Crippen LogP contribution in [-0.4, -0.2) is 41.0 Å². The van der Waals surface area contributed by atoms with Gasteiger partial charge in [0.15, 0.2) is 0 Å². The molecular weight excluding hydrogens is 256 g/mol. The standard InChI is InChI=1S/C15H26N2O3/c1-2-11-4-7-17(12(8-11)14(19)20)13(18)9-15(10-16)5-3-6-15/h11-12H,2-10,16H2,1H3,(H,19,20). The summed E-state index contributed by atoms with van der Waals surface area (Å²) in [6.07, 6.45) is 6.04. The van der Waals surface area contributed by atoms with Gasteiger partial charge in [0, 0.05) is 13.0 Å². The molecule has 5 heteroatoms. The Bertz CT molecular complexity index is 374. The zero-order valence-electron chi connectivity index (χ0n) is 12.3. The van der Waals surface area contributed by atoms with Crippen molar-refractivity contribution in [2.24, 2.45) is 17.1 Å². The highest BCUT2D eigenvalue weighted by molar-refractivity contribution is 5.84. The van der Waals surface area contributed by atoms with E-state index >= 15 is 0 Å². The molecule has 1 aliphatic heterocycles. The van der Waals surface area contributed by atoms with Crippen LogP contribution in [-0.2, 0) is 9.59 Å². The third kappa shape index (κ3) is 2.97. The molecule has 1 heterocycles. The van der Waals surface area contributed by atoms with Gasteiger partial charge < -0.3 is 15.7 Å². The number of nitrogens with zero attached hydrogens (tertiary/aromatic N) is 1. The van der Waals surface area contributed by atoms with Crippen molar-refractivity contribution in [3.8, 4) is 0 Å². The molecule has 5 nitrogen and oxygen atoms in total. The predicted octanol–water partition coefficient (Wildman–Crippen LogP) is 1.61. The minimum Gasteiger partial charge on any atom is -0.480 e. The fourth-order valence-corrected chi connectivity index (χ4v) is 3.49. The lowest BCUT2D eigenvalue weighted by molar-refractivity contribution is -0.154. The third-order valence-corrected chi connectivity index (χ3v) is 5.27. The van der Waals surface area contributed by atoms with E-state index < -0.39 is 12.0 Å². The van der Waals surface area contributed by atoms with Gasteiger partial charge in [-0.15, -0.1) is 0 Å². The van der Waals surface area contributed by atoms with E-state index in [2.05, 4.69) is 6.92 Å². The molecule has 0 spiro atoms. The van der Waals surface area contributed by atoms with Crippen LogP contribution in [0.5, 0.6) is 0 Å². The first-order chi connectivity index (χ1) is 9.51. The number of hydrogen-bond acceptors (Lipinski definition) is 3. The van der Waals surface area contributed by atoms with Crippen LogP contribution >= 0.6 is 0 Å². The Hall–Kier alpha value is -1.10. The maximum atomic E-state index is 12.5. The molecule has 3 N–H and O–H groups in total. The summed E-state index contributed by atoms with van der Waals surface area (Å²) in [4.78, 5) is 25.5. The minimum absolute atomic E-state index is 0.0166. The largest absolute Gasteiger partial charge is 0.480 e. The Morgan fingerprint density at radius 2 is 2.10 bits per heavy atom. The van der Waals surface area contributed by atoms with E-state index in [9.17, 15) is 14.7 Å². The van der Waals surface area contributed by atoms with Gasteiger partial charge in [0.25, 0.3) is 0 Å². The van der Waals surface area contributed by atoms with Gasteiger partial charge in [0.2, 0.25) is 5.91 Å². The van der Waals surface area contributed by atoms with E-state index in [0.717, 1.165) is 32.1 Å². The van der Waals surface area contributed by atoms with Gasteiger partial charge in [-0.25, -0.2) is 4.79 Å². The molecule has 1 saturated carbocycles. The van der Waals surface area contributed by atoms with Crippen LogP contribution in [0.1, 0.15) is 51.9 Å². The van der Waals surface area contributed by atoms with E-state index in [1.807, 2.05) is 0 Å². The van der Waals surface area contributed by atoms with Crippen molar-refractivity contribution in [1.29, 1.82) is 0 Å². The Morgan fingerprint density at radius 1 is 1.40 bits per heavy atom. The lowest BCUT2D eigenvalue weighted by Crippen LogP contribution is -2.52. The number of carboxylic acids is 1. The second-order valence-electron chi connectivity index (χ2n) is 6.47. The van der Waals surface area contributed by atoms with E-state index in [-0.39, 0.29) is 11.3 Å². The van der Waals surface area contributed by atoms with Crippen LogP contribution in [0.4, 0.5) is 0 Å². The monoisotopic (exact) mass is 282 g/mol. The molecule has 0 aromatic rings. The number of nitrogens with two attached hydrogens (primary N) is 1. The van der Waals surface area contributed by atoms with Crippen molar-refractivity contribution >= 4 is 11.9 Å². The first kappa shape index (κ1) is 15.3. The Morgan fingerprint density at radius 3 is 2.55 bits per heavy atom. The summed E-state index contributed by atoms with van der Waals surface area (Å²) in [5, 5.41) is 9.38. The molecule has 114 valence electrons. The van der Waals surface area contributed by atoms with E-state index in [1.165, 1.54) is 0 Å². The zero-order valence-corrected chi connectivity index (χ0v) is 12.3. The SMILES string of the molecule is CCC1CCN(C(=O)CC2(CN)CCC2)C(C(=O)O)C1. The fourth-order valence-electron chi connectivity index (χ4n) is 3.49. The number of aliphatic carboxylic acids is 1. The molecule has 2 atom stereocenters. The van der Waals surface area contributed by atoms with Crippen LogP contribution in [0, 0.1) is 11.3 Å². The lowest BCUT2D eigenvalue weighted by Gasteiger charge is -2.43. The second-order valence-corrected chi connectivity index (χ2v) is 6.47. The smallest absolute Gasteiger partial charge is 0.326 e. The summed E-state index contributed by atoms with van der Waals surface area (Å²) < 4.78 is 0. The Labute approximate surface area is 120 Å². The van der Waals surface area contributed by atoms with Crippen molar-refractivity contribution in [1.82, 2.24) is 4.90 Å². The summed E-state index contributed by atoms with van der Waals surface area (Å²) in [5.74, 6) is -0.462. The molecule has 0 bridgehead atoms. The average Bonchev–Trinajstić information content (AvgIpc) is 2.41. The van der Waals surface area contributed by atoms with Crippen LogP contribution in [0.15, 0.2) is 0 Å². The molecule has 2 unspecified atom stereocenters. The fraction of sp³-hybridized carbons (Fsp3) is 0.867. The highest BCUT2D eigenvalue weighted by Gasteiger charge is 2.42. The van der Waals surface area contributed by atoms with Crippen LogP contribution in [0.2, 0.25) is 0 Å². The second kappa shape index (κ2) is 6.12. The van der Waals surface area contributed by atoms with Gasteiger partial charge in [0.1, 0.15) is 6.04 Å². The molecule has 2 aliphatic rings. The van der Waals surface area contributed by atoms with Crippen molar-refractivity contribution in [2.75, 3.05) is 13.1 Å². The van der Waals surface area contributed by atoms with Gasteiger partial charge in [-0.05, 0) is 43.6 Å². The summed E-state index contributed by atoms with van der Waals surface area (Å²) in [7, 11) is 0. The van der Waals surface area contributed by atoms with E-state index in [4.69, 9.17) is 5.73 Å². The number of piperidine rings is 1. The molecule has 0 aromatic heterocycles. The summed E-state index contributed by atoms with van der Waals surface area (Å²) >= 11 is 0. The summed E-state index contributed by atoms with van der Waals surface area (Å²) in [5.41, 5.74) is 5.74. The molecule has 1 amide bonds. The normalized spacial score (nSPS) is 28.8. The number of carbonyl (C=O) groups excluding carboxylic acids is 1. The van der Waals surface area contributed by atoms with Crippen molar-refractivity contribution in [3.63, 3.8) is 0 Å². The minimum atomic E-state index is -0.869. The molecule has 0 aromatic carbocycles. The first-order valence-corrected chi connectivity index (χ1v) is 7.73. The van der Waals surface area contributed by atoms with Crippen LogP contribution in [0.3, 0.4) is 0 Å². The summed E-state index contributed by atoms with van der Waals surface area (Å²) in [6, 6.07) is -0.642. The number of hydrogen-bond donors (Lipinski definition) is 2. The number of carbonyl (C=O) groups is 2. The number of rotatable bonds is 5. The first-order valence-electron chi connectivity index (χ1n) is 7.73. The molecule has 2 fully saturated rings. The van der Waals surface area contributed by atoms with Gasteiger partial charge >= 0.3 is 5.97 Å². The molecular formula is C15H26N2O3. The Balaban J connectivity index is 2.02. The number of amides is 1. The molecule has 1 aliphatic carbocycles. The van der Waals surface area contributed by atoms with Crippen LogP contribution < -0.4 is 5.73 Å². The molecule has 0 radical (unpaired) electrons. The van der Waals surface area contributed by atoms with Crippen molar-refractivity contribution < 1.29 is 14.7 Å². The van der Waals surface area contributed by atoms with E-state index in [1.54, 1.807) is 4.90 Å². The quantitative estimate of drug-likeness (QED) is 0.802. The maximum absolute atomic E-state index is 12.5. The van der Waals surface area contributed by atoms with Crippen molar-refractivity contribution in [3.05, 3.63) is 0 Å². The Kier molecular flexibility index (Phi) is 4.68. The maximum Gasteiger partial charge on any atom is 0.326 e. The zero-order chi connectivity index (χ0) is 14.8. The average molecular weight is 282 g/mol. The third-order valence-electron chi connectivity index (χ3n) is 5.27. The van der Waals surface area contributed by atoms with E-state index in [0.29, 0.717) is 31.8 Å². The lowest BCUT2D eigenvalue weighted by atomic mass is 9.66. The highest BCUT2D eigenvalue weighted by atomic mass is 16.4. The number of carboxylic acid groups (broad SMARTS) is 1. The predicted molar refractivity (Wildman–Crippen MR) is 76.1 cm³/mol. The number of likely N-dealkylation sites (tertiary alicyclic amines) is 1. The van der Waals surface area contributed by atoms with Gasteiger partial charge in [-0.1, -0.05) is 19.8 Å².